The third-order valence-electron chi connectivity index (χ3n) is 3.14. The molecule has 0 radical (unpaired) electrons. The van der Waals surface area contributed by atoms with E-state index in [1.165, 1.54) is 0 Å². The first-order chi connectivity index (χ1) is 9.16. The summed E-state index contributed by atoms with van der Waals surface area (Å²) >= 11 is 3.43. The van der Waals surface area contributed by atoms with Gasteiger partial charge in [-0.2, -0.15) is 0 Å². The molecule has 0 N–H and O–H groups in total. The van der Waals surface area contributed by atoms with E-state index >= 15 is 0 Å². The van der Waals surface area contributed by atoms with E-state index in [1.807, 2.05) is 42.5 Å². The van der Waals surface area contributed by atoms with Crippen molar-refractivity contribution in [3.63, 3.8) is 0 Å². The van der Waals surface area contributed by atoms with E-state index in [4.69, 9.17) is 4.74 Å². The van der Waals surface area contributed by atoms with Crippen molar-refractivity contribution in [2.45, 2.75) is 6.10 Å². The van der Waals surface area contributed by atoms with Crippen LogP contribution in [0.25, 0.3) is 0 Å². The number of carbonyl (C=O) groups excluding carboxylic acids is 1. The number of fused-ring (bicyclic) bond motifs is 1. The zero-order valence-corrected chi connectivity index (χ0v) is 11.7. The molecule has 19 heavy (non-hydrogen) atoms. The minimum absolute atomic E-state index is 0.0492. The van der Waals surface area contributed by atoms with Crippen molar-refractivity contribution in [2.75, 3.05) is 0 Å². The average Bonchev–Trinajstić information content (AvgIpc) is 2.43. The molecule has 2 aromatic rings. The van der Waals surface area contributed by atoms with Gasteiger partial charge in [0.1, 0.15) is 5.75 Å². The molecule has 0 amide bonds. The third-order valence-corrected chi connectivity index (χ3v) is 3.63. The van der Waals surface area contributed by atoms with Gasteiger partial charge in [-0.15, -0.1) is 0 Å². The maximum absolute atomic E-state index is 12.3. The Morgan fingerprint density at radius 2 is 1.89 bits per heavy atom. The van der Waals surface area contributed by atoms with Crippen molar-refractivity contribution < 1.29 is 9.53 Å². The standard InChI is InChI=1S/C16H11BrO2/c1-10-15(18)13-7-2-3-8-14(13)19-16(10)11-5-4-6-12(17)9-11/h2-9,16H,1H2. The summed E-state index contributed by atoms with van der Waals surface area (Å²) in [5, 5.41) is 0. The number of ketones is 1. The molecule has 94 valence electrons. The number of halogens is 1. The van der Waals surface area contributed by atoms with Crippen molar-refractivity contribution in [3.8, 4) is 5.75 Å². The smallest absolute Gasteiger partial charge is 0.196 e. The summed E-state index contributed by atoms with van der Waals surface area (Å²) in [7, 11) is 0. The van der Waals surface area contributed by atoms with Crippen LogP contribution in [0.15, 0.2) is 65.2 Å². The lowest BCUT2D eigenvalue weighted by atomic mass is 9.92. The molecule has 0 aromatic heterocycles. The number of hydrogen-bond donors (Lipinski definition) is 0. The van der Waals surface area contributed by atoms with Crippen LogP contribution >= 0.6 is 15.9 Å². The Hall–Kier alpha value is -1.87. The zero-order chi connectivity index (χ0) is 13.4. The molecule has 1 atom stereocenters. The van der Waals surface area contributed by atoms with E-state index in [-0.39, 0.29) is 5.78 Å². The number of rotatable bonds is 1. The minimum atomic E-state index is -0.417. The molecule has 0 aliphatic carbocycles. The monoisotopic (exact) mass is 314 g/mol. The van der Waals surface area contributed by atoms with Crippen molar-refractivity contribution in [1.82, 2.24) is 0 Å². The first kappa shape index (κ1) is 12.2. The number of para-hydroxylation sites is 1. The largest absolute Gasteiger partial charge is 0.480 e. The Morgan fingerprint density at radius 3 is 2.68 bits per heavy atom. The summed E-state index contributed by atoms with van der Waals surface area (Å²) in [5.74, 6) is 0.566. The summed E-state index contributed by atoms with van der Waals surface area (Å²) in [6, 6.07) is 15.0. The Kier molecular flexibility index (Phi) is 2.99. The Balaban J connectivity index is 2.07. The van der Waals surface area contributed by atoms with Crippen molar-refractivity contribution in [2.24, 2.45) is 0 Å². The zero-order valence-electron chi connectivity index (χ0n) is 10.1. The highest BCUT2D eigenvalue weighted by atomic mass is 79.9. The van der Waals surface area contributed by atoms with Crippen LogP contribution < -0.4 is 4.74 Å². The number of benzene rings is 2. The SMILES string of the molecule is C=C1C(=O)c2ccccc2OC1c1cccc(Br)c1. The lowest BCUT2D eigenvalue weighted by Gasteiger charge is -2.27. The van der Waals surface area contributed by atoms with Gasteiger partial charge in [0.2, 0.25) is 0 Å². The van der Waals surface area contributed by atoms with Crippen LogP contribution in [-0.2, 0) is 0 Å². The highest BCUT2D eigenvalue weighted by molar-refractivity contribution is 9.10. The number of hydrogen-bond acceptors (Lipinski definition) is 2. The van der Waals surface area contributed by atoms with E-state index in [0.29, 0.717) is 16.9 Å². The molecule has 0 spiro atoms. The van der Waals surface area contributed by atoms with Crippen molar-refractivity contribution in [3.05, 3.63) is 76.3 Å². The van der Waals surface area contributed by atoms with Crippen LogP contribution in [0.2, 0.25) is 0 Å². The van der Waals surface area contributed by atoms with Gasteiger partial charge in [-0.3, -0.25) is 4.79 Å². The molecule has 3 heteroatoms. The fourth-order valence-electron chi connectivity index (χ4n) is 2.19. The van der Waals surface area contributed by atoms with Crippen LogP contribution in [0.1, 0.15) is 22.0 Å². The van der Waals surface area contributed by atoms with Gasteiger partial charge >= 0.3 is 0 Å². The van der Waals surface area contributed by atoms with Crippen LogP contribution in [0.3, 0.4) is 0 Å². The van der Waals surface area contributed by atoms with E-state index in [2.05, 4.69) is 22.5 Å². The second kappa shape index (κ2) is 4.67. The molecule has 1 unspecified atom stereocenters. The lowest BCUT2D eigenvalue weighted by molar-refractivity contribution is 0.0962. The highest BCUT2D eigenvalue weighted by Crippen LogP contribution is 2.37. The van der Waals surface area contributed by atoms with E-state index in [0.717, 1.165) is 10.0 Å². The Labute approximate surface area is 119 Å². The van der Waals surface area contributed by atoms with Gasteiger partial charge in [-0.1, -0.05) is 46.8 Å². The summed E-state index contributed by atoms with van der Waals surface area (Å²) in [4.78, 5) is 12.3. The maximum atomic E-state index is 12.3. The quantitative estimate of drug-likeness (QED) is 0.733. The topological polar surface area (TPSA) is 26.3 Å². The normalized spacial score (nSPS) is 17.8. The first-order valence-corrected chi connectivity index (χ1v) is 6.71. The lowest BCUT2D eigenvalue weighted by Crippen LogP contribution is -2.23. The molecule has 0 saturated heterocycles. The molecular weight excluding hydrogens is 304 g/mol. The van der Waals surface area contributed by atoms with Crippen molar-refractivity contribution >= 4 is 21.7 Å². The molecule has 0 fully saturated rings. The molecular formula is C16H11BrO2. The molecule has 0 saturated carbocycles. The fourth-order valence-corrected chi connectivity index (χ4v) is 2.60. The van der Waals surface area contributed by atoms with Gasteiger partial charge < -0.3 is 4.74 Å². The summed E-state index contributed by atoms with van der Waals surface area (Å²) < 4.78 is 6.87. The molecule has 2 nitrogen and oxygen atoms in total. The van der Waals surface area contributed by atoms with Crippen LogP contribution in [0, 0.1) is 0 Å². The van der Waals surface area contributed by atoms with Crippen LogP contribution in [0.5, 0.6) is 5.75 Å². The predicted molar refractivity (Wildman–Crippen MR) is 77.4 cm³/mol. The molecule has 1 aliphatic rings. The molecule has 0 bridgehead atoms. The molecule has 1 aliphatic heterocycles. The average molecular weight is 315 g/mol. The molecule has 1 heterocycles. The van der Waals surface area contributed by atoms with E-state index < -0.39 is 6.10 Å². The molecule has 3 rings (SSSR count). The minimum Gasteiger partial charge on any atom is -0.480 e. The van der Waals surface area contributed by atoms with Gasteiger partial charge in [-0.05, 0) is 29.8 Å². The van der Waals surface area contributed by atoms with Gasteiger partial charge in [0.25, 0.3) is 0 Å². The number of Topliss-reactive ketones (excluding diaryl/α,β-unsaturated/α-hetero) is 1. The third kappa shape index (κ3) is 2.10. The van der Waals surface area contributed by atoms with Gasteiger partial charge in [0, 0.05) is 10.0 Å². The van der Waals surface area contributed by atoms with Crippen LogP contribution in [0.4, 0.5) is 0 Å². The first-order valence-electron chi connectivity index (χ1n) is 5.91. The maximum Gasteiger partial charge on any atom is 0.196 e. The fraction of sp³-hybridized carbons (Fsp3) is 0.0625. The van der Waals surface area contributed by atoms with Crippen molar-refractivity contribution in [1.29, 1.82) is 0 Å². The number of carbonyl (C=O) groups is 1. The van der Waals surface area contributed by atoms with Gasteiger partial charge in [0.15, 0.2) is 11.9 Å². The van der Waals surface area contributed by atoms with Gasteiger partial charge in [-0.25, -0.2) is 0 Å². The molecule has 2 aromatic carbocycles. The Morgan fingerprint density at radius 1 is 1.11 bits per heavy atom. The number of ether oxygens (including phenoxy) is 1. The van der Waals surface area contributed by atoms with E-state index in [1.54, 1.807) is 6.07 Å². The second-order valence-corrected chi connectivity index (χ2v) is 5.32. The summed E-state index contributed by atoms with van der Waals surface area (Å²) in [6.07, 6.45) is -0.417. The van der Waals surface area contributed by atoms with Crippen LogP contribution in [-0.4, -0.2) is 5.78 Å². The summed E-state index contributed by atoms with van der Waals surface area (Å²) in [6.45, 7) is 3.89. The second-order valence-electron chi connectivity index (χ2n) is 4.40. The van der Waals surface area contributed by atoms with Gasteiger partial charge in [0.05, 0.1) is 5.56 Å². The highest BCUT2D eigenvalue weighted by Gasteiger charge is 2.31. The van der Waals surface area contributed by atoms with E-state index in [9.17, 15) is 4.79 Å². The summed E-state index contributed by atoms with van der Waals surface area (Å²) in [5.41, 5.74) is 1.97. The predicted octanol–water partition coefficient (Wildman–Crippen LogP) is 4.32. The Bertz CT molecular complexity index is 676.